The largest absolute Gasteiger partial charge is 0.355 e. The summed E-state index contributed by atoms with van der Waals surface area (Å²) in [7, 11) is -0.269. The summed E-state index contributed by atoms with van der Waals surface area (Å²) < 4.78 is 24.2. The Hall–Kier alpha value is -0.660. The SMILES string of the molecule is CCCC(CCN)CCC(=O)NCCS(=O)(=O)N(C)C. The summed E-state index contributed by atoms with van der Waals surface area (Å²) in [6.07, 6.45) is 4.37. The summed E-state index contributed by atoms with van der Waals surface area (Å²) in [6, 6.07) is 0. The summed E-state index contributed by atoms with van der Waals surface area (Å²) in [6.45, 7) is 2.93. The fourth-order valence-electron chi connectivity index (χ4n) is 2.00. The van der Waals surface area contributed by atoms with Gasteiger partial charge in [-0.15, -0.1) is 0 Å². The Labute approximate surface area is 123 Å². The van der Waals surface area contributed by atoms with Crippen LogP contribution in [0.4, 0.5) is 0 Å². The molecule has 20 heavy (non-hydrogen) atoms. The summed E-state index contributed by atoms with van der Waals surface area (Å²) in [5.41, 5.74) is 5.55. The first-order chi connectivity index (χ1) is 9.33. The molecule has 1 atom stereocenters. The zero-order chi connectivity index (χ0) is 15.6. The molecule has 1 unspecified atom stereocenters. The zero-order valence-electron chi connectivity index (χ0n) is 12.9. The summed E-state index contributed by atoms with van der Waals surface area (Å²) in [5, 5.41) is 2.66. The smallest absolute Gasteiger partial charge is 0.220 e. The fourth-order valence-corrected chi connectivity index (χ4v) is 2.73. The summed E-state index contributed by atoms with van der Waals surface area (Å²) in [4.78, 5) is 11.7. The lowest BCUT2D eigenvalue weighted by Crippen LogP contribution is -2.34. The van der Waals surface area contributed by atoms with Crippen LogP contribution in [0.5, 0.6) is 0 Å². The lowest BCUT2D eigenvalue weighted by molar-refractivity contribution is -0.121. The van der Waals surface area contributed by atoms with Crippen molar-refractivity contribution in [1.29, 1.82) is 0 Å². The van der Waals surface area contributed by atoms with Crippen LogP contribution in [0.2, 0.25) is 0 Å². The normalized spacial score (nSPS) is 13.4. The second-order valence-corrected chi connectivity index (χ2v) is 7.52. The van der Waals surface area contributed by atoms with Crippen LogP contribution in [0, 0.1) is 5.92 Å². The molecule has 0 bridgehead atoms. The van der Waals surface area contributed by atoms with E-state index < -0.39 is 10.0 Å². The van der Waals surface area contributed by atoms with Crippen molar-refractivity contribution in [2.45, 2.75) is 39.0 Å². The number of nitrogens with one attached hydrogen (secondary N) is 1. The molecule has 0 spiro atoms. The van der Waals surface area contributed by atoms with E-state index in [0.717, 1.165) is 30.0 Å². The van der Waals surface area contributed by atoms with E-state index in [1.165, 1.54) is 14.1 Å². The van der Waals surface area contributed by atoms with Crippen molar-refractivity contribution in [2.75, 3.05) is 32.9 Å². The molecule has 7 heteroatoms. The van der Waals surface area contributed by atoms with Crippen LogP contribution < -0.4 is 11.1 Å². The number of hydrogen-bond acceptors (Lipinski definition) is 4. The summed E-state index contributed by atoms with van der Waals surface area (Å²) in [5.74, 6) is 0.339. The van der Waals surface area contributed by atoms with Gasteiger partial charge in [0.05, 0.1) is 5.75 Å². The van der Waals surface area contributed by atoms with E-state index in [9.17, 15) is 13.2 Å². The Kier molecular flexibility index (Phi) is 9.79. The topological polar surface area (TPSA) is 92.5 Å². The van der Waals surface area contributed by atoms with E-state index in [0.29, 0.717) is 18.9 Å². The minimum Gasteiger partial charge on any atom is -0.355 e. The van der Waals surface area contributed by atoms with Crippen molar-refractivity contribution in [3.63, 3.8) is 0 Å². The van der Waals surface area contributed by atoms with Crippen molar-refractivity contribution in [1.82, 2.24) is 9.62 Å². The maximum atomic E-state index is 11.7. The molecule has 0 aliphatic heterocycles. The number of hydrogen-bond donors (Lipinski definition) is 2. The second-order valence-electron chi connectivity index (χ2n) is 5.22. The van der Waals surface area contributed by atoms with Gasteiger partial charge < -0.3 is 11.1 Å². The molecule has 6 nitrogen and oxygen atoms in total. The van der Waals surface area contributed by atoms with Gasteiger partial charge in [-0.1, -0.05) is 19.8 Å². The highest BCUT2D eigenvalue weighted by molar-refractivity contribution is 7.89. The third kappa shape index (κ3) is 8.50. The number of nitrogens with zero attached hydrogens (tertiary/aromatic N) is 1. The molecule has 0 aliphatic carbocycles. The number of carbonyl (C=O) groups excluding carboxylic acids is 1. The molecule has 0 aromatic rings. The predicted octanol–water partition coefficient (Wildman–Crippen LogP) is 0.539. The van der Waals surface area contributed by atoms with Gasteiger partial charge >= 0.3 is 0 Å². The molecule has 0 fully saturated rings. The molecule has 0 aromatic carbocycles. The van der Waals surface area contributed by atoms with E-state index in [2.05, 4.69) is 12.2 Å². The lowest BCUT2D eigenvalue weighted by atomic mass is 9.94. The Morgan fingerprint density at radius 1 is 1.25 bits per heavy atom. The Morgan fingerprint density at radius 2 is 1.90 bits per heavy atom. The molecule has 0 aromatic heterocycles. The van der Waals surface area contributed by atoms with E-state index >= 15 is 0 Å². The molecule has 0 rings (SSSR count). The molecule has 120 valence electrons. The Bertz CT molecular complexity index is 363. The van der Waals surface area contributed by atoms with Gasteiger partial charge in [0.2, 0.25) is 15.9 Å². The van der Waals surface area contributed by atoms with Crippen molar-refractivity contribution in [3.05, 3.63) is 0 Å². The number of nitrogens with two attached hydrogens (primary N) is 1. The van der Waals surface area contributed by atoms with Crippen LogP contribution in [-0.2, 0) is 14.8 Å². The van der Waals surface area contributed by atoms with Gasteiger partial charge in [0, 0.05) is 27.1 Å². The first kappa shape index (κ1) is 19.3. The van der Waals surface area contributed by atoms with Crippen LogP contribution in [0.3, 0.4) is 0 Å². The third-order valence-corrected chi connectivity index (χ3v) is 5.12. The van der Waals surface area contributed by atoms with Gasteiger partial charge in [-0.3, -0.25) is 4.79 Å². The van der Waals surface area contributed by atoms with E-state index in [4.69, 9.17) is 5.73 Å². The van der Waals surface area contributed by atoms with E-state index in [1.54, 1.807) is 0 Å². The van der Waals surface area contributed by atoms with Gasteiger partial charge in [-0.05, 0) is 25.3 Å². The minimum atomic E-state index is -3.24. The maximum absolute atomic E-state index is 11.7. The number of carbonyl (C=O) groups is 1. The highest BCUT2D eigenvalue weighted by Crippen LogP contribution is 2.16. The minimum absolute atomic E-state index is 0.0626. The van der Waals surface area contributed by atoms with Gasteiger partial charge in [0.1, 0.15) is 0 Å². The average Bonchev–Trinajstić information content (AvgIpc) is 2.36. The van der Waals surface area contributed by atoms with Gasteiger partial charge in [0.15, 0.2) is 0 Å². The fraction of sp³-hybridized carbons (Fsp3) is 0.923. The monoisotopic (exact) mass is 307 g/mol. The molecule has 0 heterocycles. The van der Waals surface area contributed by atoms with Crippen LogP contribution in [-0.4, -0.2) is 51.6 Å². The van der Waals surface area contributed by atoms with Crippen molar-refractivity contribution < 1.29 is 13.2 Å². The van der Waals surface area contributed by atoms with Crippen molar-refractivity contribution >= 4 is 15.9 Å². The zero-order valence-corrected chi connectivity index (χ0v) is 13.7. The highest BCUT2D eigenvalue weighted by atomic mass is 32.2. The predicted molar refractivity (Wildman–Crippen MR) is 81.8 cm³/mol. The molecule has 1 amide bonds. The van der Waals surface area contributed by atoms with Crippen molar-refractivity contribution in [3.8, 4) is 0 Å². The average molecular weight is 307 g/mol. The molecule has 0 radical (unpaired) electrons. The number of amides is 1. The summed E-state index contributed by atoms with van der Waals surface area (Å²) >= 11 is 0. The Balaban J connectivity index is 3.94. The van der Waals surface area contributed by atoms with E-state index in [1.807, 2.05) is 0 Å². The molecule has 0 aliphatic rings. The Morgan fingerprint density at radius 3 is 2.40 bits per heavy atom. The number of rotatable bonds is 11. The lowest BCUT2D eigenvalue weighted by Gasteiger charge is -2.15. The maximum Gasteiger partial charge on any atom is 0.220 e. The van der Waals surface area contributed by atoms with Gasteiger partial charge in [-0.25, -0.2) is 12.7 Å². The van der Waals surface area contributed by atoms with Gasteiger partial charge in [0.25, 0.3) is 0 Å². The molecule has 3 N–H and O–H groups in total. The highest BCUT2D eigenvalue weighted by Gasteiger charge is 2.14. The molecule has 0 saturated carbocycles. The van der Waals surface area contributed by atoms with E-state index in [-0.39, 0.29) is 18.2 Å². The second kappa shape index (κ2) is 10.1. The quantitative estimate of drug-likeness (QED) is 0.582. The first-order valence-corrected chi connectivity index (χ1v) is 8.81. The van der Waals surface area contributed by atoms with Crippen LogP contribution in [0.25, 0.3) is 0 Å². The van der Waals surface area contributed by atoms with Crippen LogP contribution in [0.1, 0.15) is 39.0 Å². The van der Waals surface area contributed by atoms with Gasteiger partial charge in [-0.2, -0.15) is 0 Å². The molecular weight excluding hydrogens is 278 g/mol. The number of sulfonamides is 1. The van der Waals surface area contributed by atoms with Crippen LogP contribution >= 0.6 is 0 Å². The third-order valence-electron chi connectivity index (χ3n) is 3.29. The van der Waals surface area contributed by atoms with Crippen molar-refractivity contribution in [2.24, 2.45) is 11.7 Å². The first-order valence-electron chi connectivity index (χ1n) is 7.20. The molecule has 0 saturated heterocycles. The van der Waals surface area contributed by atoms with Crippen LogP contribution in [0.15, 0.2) is 0 Å². The molecular formula is C13H29N3O3S. The standard InChI is InChI=1S/C13H29N3O3S/c1-4-5-12(8-9-14)6-7-13(17)15-10-11-20(18,19)16(2)3/h12H,4-11,14H2,1-3H3,(H,15,17).